The predicted molar refractivity (Wildman–Crippen MR) is 137 cm³/mol. The zero-order chi connectivity index (χ0) is 24.9. The van der Waals surface area contributed by atoms with Crippen LogP contribution in [0.5, 0.6) is 0 Å². The van der Waals surface area contributed by atoms with Crippen LogP contribution in [-0.4, -0.2) is 44.6 Å². The Morgan fingerprint density at radius 3 is 2.49 bits per heavy atom. The second kappa shape index (κ2) is 9.57. The maximum Gasteiger partial charge on any atom is 0.230 e. The Kier molecular flexibility index (Phi) is 6.64. The van der Waals surface area contributed by atoms with Crippen molar-refractivity contribution in [3.05, 3.63) is 40.4 Å². The van der Waals surface area contributed by atoms with Crippen LogP contribution in [0.15, 0.2) is 18.2 Å². The van der Waals surface area contributed by atoms with Crippen molar-refractivity contribution in [1.82, 2.24) is 19.7 Å². The number of carbonyl (C=O) groups is 2. The van der Waals surface area contributed by atoms with Crippen LogP contribution >= 0.6 is 11.6 Å². The third-order valence-electron chi connectivity index (χ3n) is 7.95. The summed E-state index contributed by atoms with van der Waals surface area (Å²) in [6.45, 7) is 8.97. The van der Waals surface area contributed by atoms with Gasteiger partial charge in [0.05, 0.1) is 11.8 Å². The van der Waals surface area contributed by atoms with Gasteiger partial charge in [-0.1, -0.05) is 25.4 Å². The molecule has 2 saturated carbocycles. The molecule has 2 heterocycles. The van der Waals surface area contributed by atoms with E-state index in [0.29, 0.717) is 30.1 Å². The predicted octanol–water partition coefficient (Wildman–Crippen LogP) is 5.32. The topological polar surface area (TPSA) is 80.1 Å². The lowest BCUT2D eigenvalue weighted by Gasteiger charge is -2.36. The molecule has 0 bridgehead atoms. The summed E-state index contributed by atoms with van der Waals surface area (Å²) in [5, 5.41) is 13.1. The van der Waals surface area contributed by atoms with Crippen LogP contribution in [0, 0.1) is 24.7 Å². The van der Waals surface area contributed by atoms with Crippen molar-refractivity contribution in [3.8, 4) is 0 Å². The van der Waals surface area contributed by atoms with Crippen LogP contribution in [0.4, 0.5) is 5.69 Å². The number of hydrogen-bond donors (Lipinski definition) is 1. The summed E-state index contributed by atoms with van der Waals surface area (Å²) in [5.41, 5.74) is 1.66. The molecule has 1 aromatic heterocycles. The van der Waals surface area contributed by atoms with E-state index in [1.807, 2.05) is 19.1 Å². The fourth-order valence-electron chi connectivity index (χ4n) is 5.94. The van der Waals surface area contributed by atoms with Gasteiger partial charge in [-0.25, -0.2) is 0 Å². The maximum absolute atomic E-state index is 13.5. The molecule has 2 amide bonds. The van der Waals surface area contributed by atoms with Gasteiger partial charge >= 0.3 is 0 Å². The van der Waals surface area contributed by atoms with E-state index in [0.717, 1.165) is 47.6 Å². The molecular formula is C27H36ClN5O2. The van der Waals surface area contributed by atoms with E-state index in [-0.39, 0.29) is 23.7 Å². The largest absolute Gasteiger partial charge is 0.341 e. The Labute approximate surface area is 212 Å². The highest BCUT2D eigenvalue weighted by Gasteiger charge is 2.45. The summed E-state index contributed by atoms with van der Waals surface area (Å²) in [6, 6.07) is 5.87. The Morgan fingerprint density at radius 2 is 1.86 bits per heavy atom. The van der Waals surface area contributed by atoms with Gasteiger partial charge in [0.25, 0.3) is 0 Å². The molecule has 1 aromatic carbocycles. The van der Waals surface area contributed by atoms with Crippen LogP contribution in [0.1, 0.15) is 88.0 Å². The molecular weight excluding hydrogens is 462 g/mol. The van der Waals surface area contributed by atoms with Crippen LogP contribution in [0.2, 0.25) is 5.02 Å². The molecule has 7 nitrogen and oxygen atoms in total. The number of aryl methyl sites for hydroxylation is 1. The number of carbonyl (C=O) groups excluding carboxylic acids is 2. The number of aromatic nitrogens is 3. The van der Waals surface area contributed by atoms with Crippen LogP contribution in [-0.2, 0) is 9.59 Å². The minimum Gasteiger partial charge on any atom is -0.341 e. The molecule has 1 N–H and O–H groups in total. The number of amides is 2. The molecule has 3 aliphatic rings. The lowest BCUT2D eigenvalue weighted by Crippen LogP contribution is -2.31. The molecule has 2 aromatic rings. The zero-order valence-corrected chi connectivity index (χ0v) is 21.9. The lowest BCUT2D eigenvalue weighted by atomic mass is 9.71. The quantitative estimate of drug-likeness (QED) is 0.561. The number of hydrogen-bond acceptors (Lipinski definition) is 4. The summed E-state index contributed by atoms with van der Waals surface area (Å²) < 4.78 is 2.35. The summed E-state index contributed by atoms with van der Waals surface area (Å²) >= 11 is 6.09. The molecule has 5 rings (SSSR count). The third kappa shape index (κ3) is 4.97. The average Bonchev–Trinajstić information content (AvgIpc) is 3.35. The second-order valence-corrected chi connectivity index (χ2v) is 11.7. The number of halogens is 1. The molecule has 2 aliphatic carbocycles. The molecule has 0 spiro atoms. The summed E-state index contributed by atoms with van der Waals surface area (Å²) in [4.78, 5) is 27.6. The number of likely N-dealkylation sites (tertiary alicyclic amines) is 1. The molecule has 8 heteroatoms. The van der Waals surface area contributed by atoms with Crippen LogP contribution < -0.4 is 5.32 Å². The Morgan fingerprint density at radius 1 is 1.14 bits per heavy atom. The van der Waals surface area contributed by atoms with Crippen molar-refractivity contribution in [2.24, 2.45) is 17.8 Å². The first-order chi connectivity index (χ1) is 16.7. The third-order valence-corrected chi connectivity index (χ3v) is 8.18. The van der Waals surface area contributed by atoms with Crippen molar-refractivity contribution in [3.63, 3.8) is 0 Å². The van der Waals surface area contributed by atoms with E-state index in [9.17, 15) is 9.59 Å². The van der Waals surface area contributed by atoms with E-state index in [1.54, 1.807) is 17.9 Å². The van der Waals surface area contributed by atoms with Gasteiger partial charge in [-0.15, -0.1) is 10.2 Å². The van der Waals surface area contributed by atoms with Gasteiger partial charge in [-0.05, 0) is 74.6 Å². The number of benzene rings is 1. The van der Waals surface area contributed by atoms with Gasteiger partial charge in [-0.3, -0.25) is 9.59 Å². The van der Waals surface area contributed by atoms with Gasteiger partial charge in [-0.2, -0.15) is 0 Å². The van der Waals surface area contributed by atoms with Crippen molar-refractivity contribution in [1.29, 1.82) is 0 Å². The fraction of sp³-hybridized carbons (Fsp3) is 0.630. The summed E-state index contributed by atoms with van der Waals surface area (Å²) in [5.74, 6) is 3.28. The van der Waals surface area contributed by atoms with Gasteiger partial charge in [0.2, 0.25) is 11.8 Å². The molecule has 35 heavy (non-hydrogen) atoms. The minimum atomic E-state index is -0.376. The first-order valence-electron chi connectivity index (χ1n) is 13.0. The monoisotopic (exact) mass is 497 g/mol. The zero-order valence-electron chi connectivity index (χ0n) is 21.1. The van der Waals surface area contributed by atoms with E-state index in [4.69, 9.17) is 16.7 Å². The van der Waals surface area contributed by atoms with Crippen molar-refractivity contribution < 1.29 is 9.59 Å². The SMILES string of the molecule is CC(=O)N1C[C@H](C(=O)Nc2ccc(Cl)cc2C)[C@@H](c2nnc([C@H]3C[C@@H](CC(C)C)C3)n2C2CC2)C1. The smallest absolute Gasteiger partial charge is 0.230 e. The van der Waals surface area contributed by atoms with Gasteiger partial charge in [0.1, 0.15) is 11.6 Å². The number of nitrogens with zero attached hydrogens (tertiary/aromatic N) is 4. The first kappa shape index (κ1) is 24.3. The fourth-order valence-corrected chi connectivity index (χ4v) is 6.17. The first-order valence-corrected chi connectivity index (χ1v) is 13.4. The Hall–Kier alpha value is -2.41. The molecule has 1 saturated heterocycles. The molecule has 0 unspecified atom stereocenters. The summed E-state index contributed by atoms with van der Waals surface area (Å²) in [6.07, 6.45) is 5.87. The van der Waals surface area contributed by atoms with Gasteiger partial charge < -0.3 is 14.8 Å². The molecule has 3 fully saturated rings. The maximum atomic E-state index is 13.5. The lowest BCUT2D eigenvalue weighted by molar-refractivity contribution is -0.128. The van der Waals surface area contributed by atoms with E-state index in [2.05, 4.69) is 28.8 Å². The van der Waals surface area contributed by atoms with Gasteiger partial charge in [0.15, 0.2) is 0 Å². The number of nitrogens with one attached hydrogen (secondary N) is 1. The van der Waals surface area contributed by atoms with Crippen LogP contribution in [0.25, 0.3) is 0 Å². The molecule has 2 atom stereocenters. The van der Waals surface area contributed by atoms with Crippen molar-refractivity contribution in [2.75, 3.05) is 18.4 Å². The van der Waals surface area contributed by atoms with Crippen molar-refractivity contribution in [2.45, 2.75) is 77.7 Å². The standard InChI is InChI=1S/C27H36ClN5O2/c1-15(2)9-18-11-19(12-18)25-30-31-26(33(25)21-6-7-21)22-13-32(17(4)34)14-23(22)27(35)29-24-8-5-20(28)10-16(24)3/h5,8,10,15,18-19,21-23H,6-7,9,11-14H2,1-4H3,(H,29,35)/t18-,19+,22-,23-/m0/s1. The highest BCUT2D eigenvalue weighted by molar-refractivity contribution is 6.30. The molecule has 0 radical (unpaired) electrons. The highest BCUT2D eigenvalue weighted by Crippen LogP contribution is 2.48. The van der Waals surface area contributed by atoms with Gasteiger partial charge in [0, 0.05) is 42.7 Å². The number of anilines is 1. The van der Waals surface area contributed by atoms with Crippen LogP contribution in [0.3, 0.4) is 0 Å². The Balaban J connectivity index is 1.40. The van der Waals surface area contributed by atoms with Crippen molar-refractivity contribution >= 4 is 29.1 Å². The second-order valence-electron chi connectivity index (χ2n) is 11.3. The van der Waals surface area contributed by atoms with E-state index >= 15 is 0 Å². The van der Waals surface area contributed by atoms with E-state index in [1.165, 1.54) is 19.3 Å². The molecule has 188 valence electrons. The average molecular weight is 498 g/mol. The number of rotatable bonds is 7. The highest BCUT2D eigenvalue weighted by atomic mass is 35.5. The molecule has 1 aliphatic heterocycles. The normalized spacial score (nSPS) is 26.2. The Bertz CT molecular complexity index is 1120. The minimum absolute atomic E-state index is 0.0128. The summed E-state index contributed by atoms with van der Waals surface area (Å²) in [7, 11) is 0. The van der Waals surface area contributed by atoms with E-state index < -0.39 is 0 Å².